The van der Waals surface area contributed by atoms with Crippen molar-refractivity contribution in [3.05, 3.63) is 0 Å². The number of imide groups is 1. The first-order valence-corrected chi connectivity index (χ1v) is 4.71. The molecule has 1 heterocycles. The van der Waals surface area contributed by atoms with E-state index in [-0.39, 0.29) is 12.5 Å². The van der Waals surface area contributed by atoms with E-state index in [4.69, 9.17) is 5.73 Å². The number of urea groups is 1. The molecule has 0 spiro atoms. The van der Waals surface area contributed by atoms with Crippen molar-refractivity contribution in [2.75, 3.05) is 32.7 Å². The molecule has 0 aromatic heterocycles. The molecule has 1 aliphatic heterocycles. The van der Waals surface area contributed by atoms with E-state index in [2.05, 4.69) is 5.32 Å². The Kier molecular flexibility index (Phi) is 4.34. The summed E-state index contributed by atoms with van der Waals surface area (Å²) in [5.74, 6) is -0.334. The van der Waals surface area contributed by atoms with Crippen LogP contribution in [-0.2, 0) is 4.79 Å². The smallest absolute Gasteiger partial charge is 0.318 e. The standard InChI is InChI=1S/C8H16N4O2/c9-8(14)11-7(13)6-12-4-1-2-10-3-5-12/h10H,1-6H2,(H3,9,11,13,14). The van der Waals surface area contributed by atoms with E-state index < -0.39 is 6.03 Å². The predicted octanol–water partition coefficient (Wildman–Crippen LogP) is -1.52. The maximum Gasteiger partial charge on any atom is 0.318 e. The fourth-order valence-corrected chi connectivity index (χ4v) is 1.44. The molecule has 80 valence electrons. The number of nitrogens with zero attached hydrogens (tertiary/aromatic N) is 1. The van der Waals surface area contributed by atoms with Gasteiger partial charge in [0.1, 0.15) is 0 Å². The molecule has 1 fully saturated rings. The molecule has 4 N–H and O–H groups in total. The molecule has 1 rings (SSSR count). The summed E-state index contributed by atoms with van der Waals surface area (Å²) in [6, 6.07) is -0.789. The molecule has 0 unspecified atom stereocenters. The van der Waals surface area contributed by atoms with Crippen LogP contribution in [0.4, 0.5) is 4.79 Å². The van der Waals surface area contributed by atoms with Crippen LogP contribution in [0, 0.1) is 0 Å². The second kappa shape index (κ2) is 5.56. The third-order valence-corrected chi connectivity index (χ3v) is 2.06. The summed E-state index contributed by atoms with van der Waals surface area (Å²) in [7, 11) is 0. The Bertz CT molecular complexity index is 211. The normalized spacial score (nSPS) is 18.6. The minimum absolute atomic E-state index is 0.241. The highest BCUT2D eigenvalue weighted by Gasteiger charge is 2.13. The maximum absolute atomic E-state index is 11.2. The van der Waals surface area contributed by atoms with Gasteiger partial charge in [0.05, 0.1) is 6.54 Å². The van der Waals surface area contributed by atoms with Gasteiger partial charge in [-0.05, 0) is 19.5 Å². The molecule has 6 nitrogen and oxygen atoms in total. The molecule has 3 amide bonds. The Balaban J connectivity index is 2.27. The van der Waals surface area contributed by atoms with E-state index in [1.54, 1.807) is 0 Å². The van der Waals surface area contributed by atoms with Gasteiger partial charge in [0, 0.05) is 13.1 Å². The summed E-state index contributed by atoms with van der Waals surface area (Å²) in [5.41, 5.74) is 4.83. The molecule has 0 aliphatic carbocycles. The van der Waals surface area contributed by atoms with Crippen LogP contribution < -0.4 is 16.4 Å². The van der Waals surface area contributed by atoms with Crippen molar-refractivity contribution >= 4 is 11.9 Å². The number of hydrogen-bond acceptors (Lipinski definition) is 4. The molecular formula is C8H16N4O2. The van der Waals surface area contributed by atoms with E-state index in [1.165, 1.54) is 0 Å². The number of amides is 3. The summed E-state index contributed by atoms with van der Waals surface area (Å²) < 4.78 is 0. The zero-order valence-electron chi connectivity index (χ0n) is 8.08. The van der Waals surface area contributed by atoms with E-state index in [0.29, 0.717) is 0 Å². The van der Waals surface area contributed by atoms with Gasteiger partial charge >= 0.3 is 6.03 Å². The number of nitrogens with two attached hydrogens (primary N) is 1. The van der Waals surface area contributed by atoms with Crippen molar-refractivity contribution in [3.63, 3.8) is 0 Å². The van der Waals surface area contributed by atoms with Crippen LogP contribution in [0.15, 0.2) is 0 Å². The highest BCUT2D eigenvalue weighted by Crippen LogP contribution is 1.94. The fourth-order valence-electron chi connectivity index (χ4n) is 1.44. The summed E-state index contributed by atoms with van der Waals surface area (Å²) in [4.78, 5) is 23.5. The molecule has 6 heteroatoms. The molecular weight excluding hydrogens is 184 g/mol. The van der Waals surface area contributed by atoms with E-state index in [0.717, 1.165) is 32.6 Å². The second-order valence-corrected chi connectivity index (χ2v) is 3.29. The van der Waals surface area contributed by atoms with E-state index in [9.17, 15) is 9.59 Å². The van der Waals surface area contributed by atoms with E-state index in [1.807, 2.05) is 10.2 Å². The Morgan fingerprint density at radius 3 is 2.86 bits per heavy atom. The summed E-state index contributed by atoms with van der Waals surface area (Å²) >= 11 is 0. The van der Waals surface area contributed by atoms with Gasteiger partial charge < -0.3 is 11.1 Å². The van der Waals surface area contributed by atoms with Crippen LogP contribution in [0.2, 0.25) is 0 Å². The van der Waals surface area contributed by atoms with Crippen LogP contribution >= 0.6 is 0 Å². The highest BCUT2D eigenvalue weighted by atomic mass is 16.2. The van der Waals surface area contributed by atoms with Crippen LogP contribution in [0.25, 0.3) is 0 Å². The Morgan fingerprint density at radius 2 is 2.14 bits per heavy atom. The van der Waals surface area contributed by atoms with Gasteiger partial charge in [0.25, 0.3) is 0 Å². The molecule has 0 aromatic rings. The van der Waals surface area contributed by atoms with Crippen LogP contribution in [0.3, 0.4) is 0 Å². The lowest BCUT2D eigenvalue weighted by atomic mass is 10.4. The maximum atomic E-state index is 11.2. The van der Waals surface area contributed by atoms with Crippen LogP contribution in [0.1, 0.15) is 6.42 Å². The number of rotatable bonds is 2. The number of nitrogens with one attached hydrogen (secondary N) is 2. The third-order valence-electron chi connectivity index (χ3n) is 2.06. The first kappa shape index (κ1) is 10.9. The molecule has 0 atom stereocenters. The van der Waals surface area contributed by atoms with Gasteiger partial charge in [-0.15, -0.1) is 0 Å². The van der Waals surface area contributed by atoms with Crippen molar-refractivity contribution < 1.29 is 9.59 Å². The monoisotopic (exact) mass is 200 g/mol. The number of hydrogen-bond donors (Lipinski definition) is 3. The van der Waals surface area contributed by atoms with Crippen molar-refractivity contribution in [1.29, 1.82) is 0 Å². The number of primary amides is 1. The second-order valence-electron chi connectivity index (χ2n) is 3.29. The fraction of sp³-hybridized carbons (Fsp3) is 0.750. The zero-order chi connectivity index (χ0) is 10.4. The molecule has 0 radical (unpaired) electrons. The van der Waals surface area contributed by atoms with E-state index >= 15 is 0 Å². The molecule has 0 saturated carbocycles. The van der Waals surface area contributed by atoms with Crippen LogP contribution in [0.5, 0.6) is 0 Å². The Hall–Kier alpha value is -1.14. The van der Waals surface area contributed by atoms with Crippen molar-refractivity contribution in [2.24, 2.45) is 5.73 Å². The average Bonchev–Trinajstić information content (AvgIpc) is 2.31. The van der Waals surface area contributed by atoms with Gasteiger partial charge in [-0.2, -0.15) is 0 Å². The minimum Gasteiger partial charge on any atom is -0.351 e. The number of carbonyl (C=O) groups is 2. The summed E-state index contributed by atoms with van der Waals surface area (Å²) in [5, 5.41) is 5.27. The highest BCUT2D eigenvalue weighted by molar-refractivity contribution is 5.94. The predicted molar refractivity (Wildman–Crippen MR) is 51.7 cm³/mol. The Morgan fingerprint density at radius 1 is 1.36 bits per heavy atom. The largest absolute Gasteiger partial charge is 0.351 e. The molecule has 0 bridgehead atoms. The van der Waals surface area contributed by atoms with Gasteiger partial charge in [0.2, 0.25) is 5.91 Å². The number of carbonyl (C=O) groups excluding carboxylic acids is 2. The zero-order valence-corrected chi connectivity index (χ0v) is 8.08. The Labute approximate surface area is 82.8 Å². The third kappa shape index (κ3) is 4.20. The van der Waals surface area contributed by atoms with Gasteiger partial charge in [-0.1, -0.05) is 0 Å². The average molecular weight is 200 g/mol. The lowest BCUT2D eigenvalue weighted by Gasteiger charge is -2.17. The molecule has 1 aliphatic rings. The SMILES string of the molecule is NC(=O)NC(=O)CN1CCCNCC1. The molecule has 0 aromatic carbocycles. The van der Waals surface area contributed by atoms with Gasteiger partial charge in [-0.3, -0.25) is 15.0 Å². The van der Waals surface area contributed by atoms with Crippen LogP contribution in [-0.4, -0.2) is 49.6 Å². The molecule has 1 saturated heterocycles. The van der Waals surface area contributed by atoms with Gasteiger partial charge in [0.15, 0.2) is 0 Å². The minimum atomic E-state index is -0.789. The van der Waals surface area contributed by atoms with Crippen molar-refractivity contribution in [3.8, 4) is 0 Å². The summed E-state index contributed by atoms with van der Waals surface area (Å²) in [6.45, 7) is 3.80. The lowest BCUT2D eigenvalue weighted by Crippen LogP contribution is -2.43. The topological polar surface area (TPSA) is 87.5 Å². The lowest BCUT2D eigenvalue weighted by molar-refractivity contribution is -0.121. The summed E-state index contributed by atoms with van der Waals surface area (Å²) in [6.07, 6.45) is 1.02. The molecule has 14 heavy (non-hydrogen) atoms. The van der Waals surface area contributed by atoms with Crippen molar-refractivity contribution in [1.82, 2.24) is 15.5 Å². The quantitative estimate of drug-likeness (QED) is 0.505. The van der Waals surface area contributed by atoms with Crippen molar-refractivity contribution in [2.45, 2.75) is 6.42 Å². The van der Waals surface area contributed by atoms with Gasteiger partial charge in [-0.25, -0.2) is 4.79 Å². The first-order chi connectivity index (χ1) is 6.68. The first-order valence-electron chi connectivity index (χ1n) is 4.71.